The first-order valence-electron chi connectivity index (χ1n) is 7.19. The Kier molecular flexibility index (Phi) is 4.03. The number of carbonyl (C=O) groups is 1. The highest BCUT2D eigenvalue weighted by Crippen LogP contribution is 2.27. The van der Waals surface area contributed by atoms with E-state index in [4.69, 9.17) is 0 Å². The lowest BCUT2D eigenvalue weighted by Gasteiger charge is -2.02. The summed E-state index contributed by atoms with van der Waals surface area (Å²) >= 11 is 3.46. The van der Waals surface area contributed by atoms with Gasteiger partial charge < -0.3 is 5.11 Å². The van der Waals surface area contributed by atoms with E-state index in [-0.39, 0.29) is 0 Å². The smallest absolute Gasteiger partial charge is 0.416 e. The summed E-state index contributed by atoms with van der Waals surface area (Å²) in [7, 11) is 0. The summed E-state index contributed by atoms with van der Waals surface area (Å²) in [6.07, 6.45) is 2.50. The summed E-state index contributed by atoms with van der Waals surface area (Å²) in [5.74, 6) is 0. The van der Waals surface area contributed by atoms with Crippen molar-refractivity contribution >= 4 is 32.9 Å². The SMILES string of the molecule is CCc1ccc(Cc2cn(C(=O)O)c3ccc(Br)cc23)cc1. The maximum atomic E-state index is 11.4. The average Bonchev–Trinajstić information content (AvgIpc) is 2.86. The zero-order valence-electron chi connectivity index (χ0n) is 12.2. The molecule has 4 heteroatoms. The number of benzene rings is 2. The summed E-state index contributed by atoms with van der Waals surface area (Å²) in [4.78, 5) is 11.4. The standard InChI is InChI=1S/C18H16BrNO2/c1-2-12-3-5-13(6-4-12)9-14-11-20(18(21)22)17-8-7-15(19)10-16(14)17/h3-8,10-11H,2,9H2,1H3,(H,21,22). The topological polar surface area (TPSA) is 42.2 Å². The number of carboxylic acid groups (broad SMARTS) is 1. The minimum atomic E-state index is -0.958. The van der Waals surface area contributed by atoms with Gasteiger partial charge in [0.25, 0.3) is 0 Å². The number of aryl methyl sites for hydroxylation is 1. The molecule has 1 heterocycles. The summed E-state index contributed by atoms with van der Waals surface area (Å²) in [5, 5.41) is 10.3. The molecule has 1 N–H and O–H groups in total. The number of halogens is 1. The molecule has 1 aromatic heterocycles. The van der Waals surface area contributed by atoms with Gasteiger partial charge in [-0.25, -0.2) is 4.79 Å². The molecular weight excluding hydrogens is 342 g/mol. The number of aromatic nitrogens is 1. The third kappa shape index (κ3) is 2.79. The second-order valence-corrected chi connectivity index (χ2v) is 6.23. The van der Waals surface area contributed by atoms with E-state index in [1.54, 1.807) is 6.20 Å². The third-order valence-electron chi connectivity index (χ3n) is 3.88. The van der Waals surface area contributed by atoms with Crippen LogP contribution in [0.3, 0.4) is 0 Å². The molecule has 22 heavy (non-hydrogen) atoms. The van der Waals surface area contributed by atoms with Gasteiger partial charge in [-0.15, -0.1) is 0 Å². The highest BCUT2D eigenvalue weighted by Gasteiger charge is 2.13. The van der Waals surface area contributed by atoms with Crippen molar-refractivity contribution in [3.63, 3.8) is 0 Å². The zero-order valence-corrected chi connectivity index (χ0v) is 13.8. The van der Waals surface area contributed by atoms with Crippen molar-refractivity contribution in [3.8, 4) is 0 Å². The molecule has 0 amide bonds. The molecule has 0 unspecified atom stereocenters. The van der Waals surface area contributed by atoms with E-state index >= 15 is 0 Å². The highest BCUT2D eigenvalue weighted by atomic mass is 79.9. The number of hydrogen-bond donors (Lipinski definition) is 1. The van der Waals surface area contributed by atoms with Gasteiger partial charge in [0.1, 0.15) is 0 Å². The monoisotopic (exact) mass is 357 g/mol. The Balaban J connectivity index is 2.05. The maximum absolute atomic E-state index is 11.4. The molecule has 0 radical (unpaired) electrons. The van der Waals surface area contributed by atoms with Gasteiger partial charge >= 0.3 is 6.09 Å². The average molecular weight is 358 g/mol. The van der Waals surface area contributed by atoms with Gasteiger partial charge in [0.2, 0.25) is 0 Å². The van der Waals surface area contributed by atoms with Crippen LogP contribution in [0.5, 0.6) is 0 Å². The Labute approximate surface area is 137 Å². The minimum Gasteiger partial charge on any atom is -0.464 e. The molecule has 0 aliphatic heterocycles. The predicted octanol–water partition coefficient (Wildman–Crippen LogP) is 5.08. The van der Waals surface area contributed by atoms with E-state index in [1.807, 2.05) is 18.2 Å². The molecule has 3 rings (SSSR count). The molecule has 3 nitrogen and oxygen atoms in total. The van der Waals surface area contributed by atoms with Crippen LogP contribution in [0.4, 0.5) is 4.79 Å². The van der Waals surface area contributed by atoms with Crippen molar-refractivity contribution in [1.82, 2.24) is 4.57 Å². The number of rotatable bonds is 3. The van der Waals surface area contributed by atoms with E-state index in [0.717, 1.165) is 33.8 Å². The Morgan fingerprint density at radius 1 is 1.14 bits per heavy atom. The summed E-state index contributed by atoms with van der Waals surface area (Å²) in [5.41, 5.74) is 4.22. The lowest BCUT2D eigenvalue weighted by molar-refractivity contribution is 0.197. The lowest BCUT2D eigenvalue weighted by atomic mass is 10.0. The molecule has 0 spiro atoms. The number of hydrogen-bond acceptors (Lipinski definition) is 1. The van der Waals surface area contributed by atoms with E-state index in [2.05, 4.69) is 47.1 Å². The number of fused-ring (bicyclic) bond motifs is 1. The first kappa shape index (κ1) is 14.9. The molecule has 0 atom stereocenters. The van der Waals surface area contributed by atoms with Crippen molar-refractivity contribution < 1.29 is 9.90 Å². The van der Waals surface area contributed by atoms with Crippen LogP contribution in [0.25, 0.3) is 10.9 Å². The van der Waals surface area contributed by atoms with Crippen LogP contribution in [0.2, 0.25) is 0 Å². The molecule has 0 aliphatic rings. The molecule has 0 fully saturated rings. The molecule has 0 saturated heterocycles. The van der Waals surface area contributed by atoms with Gasteiger partial charge in [-0.1, -0.05) is 47.1 Å². The highest BCUT2D eigenvalue weighted by molar-refractivity contribution is 9.10. The van der Waals surface area contributed by atoms with Gasteiger partial charge in [-0.05, 0) is 47.7 Å². The van der Waals surface area contributed by atoms with Gasteiger partial charge in [0.15, 0.2) is 0 Å². The third-order valence-corrected chi connectivity index (χ3v) is 4.37. The van der Waals surface area contributed by atoms with Gasteiger partial charge in [-0.3, -0.25) is 4.57 Å². The van der Waals surface area contributed by atoms with Crippen LogP contribution in [0.15, 0.2) is 53.1 Å². The molecule has 0 saturated carbocycles. The van der Waals surface area contributed by atoms with E-state index in [1.165, 1.54) is 15.7 Å². The summed E-state index contributed by atoms with van der Waals surface area (Å²) in [6, 6.07) is 14.1. The fourth-order valence-corrected chi connectivity index (χ4v) is 3.04. The fourth-order valence-electron chi connectivity index (χ4n) is 2.68. The van der Waals surface area contributed by atoms with Crippen molar-refractivity contribution in [2.24, 2.45) is 0 Å². The second kappa shape index (κ2) is 5.97. The molecule has 112 valence electrons. The van der Waals surface area contributed by atoms with Crippen molar-refractivity contribution in [3.05, 3.63) is 69.8 Å². The van der Waals surface area contributed by atoms with Crippen LogP contribution in [-0.2, 0) is 12.8 Å². The summed E-state index contributed by atoms with van der Waals surface area (Å²) < 4.78 is 2.24. The van der Waals surface area contributed by atoms with Gasteiger partial charge in [0, 0.05) is 16.1 Å². The van der Waals surface area contributed by atoms with Gasteiger partial charge in [-0.2, -0.15) is 0 Å². The molecule has 3 aromatic rings. The molecule has 2 aromatic carbocycles. The first-order valence-corrected chi connectivity index (χ1v) is 7.98. The second-order valence-electron chi connectivity index (χ2n) is 5.32. The first-order chi connectivity index (χ1) is 10.6. The minimum absolute atomic E-state index is 0.718. The quantitative estimate of drug-likeness (QED) is 0.709. The van der Waals surface area contributed by atoms with E-state index in [0.29, 0.717) is 0 Å². The van der Waals surface area contributed by atoms with Crippen molar-refractivity contribution in [1.29, 1.82) is 0 Å². The fraction of sp³-hybridized carbons (Fsp3) is 0.167. The van der Waals surface area contributed by atoms with Crippen LogP contribution in [-0.4, -0.2) is 15.8 Å². The summed E-state index contributed by atoms with van der Waals surface area (Å²) in [6.45, 7) is 2.13. The van der Waals surface area contributed by atoms with Crippen molar-refractivity contribution in [2.45, 2.75) is 19.8 Å². The van der Waals surface area contributed by atoms with Gasteiger partial charge in [0.05, 0.1) is 5.52 Å². The zero-order chi connectivity index (χ0) is 15.7. The van der Waals surface area contributed by atoms with Crippen LogP contribution < -0.4 is 0 Å². The van der Waals surface area contributed by atoms with Crippen LogP contribution in [0.1, 0.15) is 23.6 Å². The van der Waals surface area contributed by atoms with Crippen LogP contribution in [0, 0.1) is 0 Å². The largest absolute Gasteiger partial charge is 0.464 e. The molecular formula is C18H16BrNO2. The predicted molar refractivity (Wildman–Crippen MR) is 91.7 cm³/mol. The Hall–Kier alpha value is -2.07. The normalized spacial score (nSPS) is 11.0. The van der Waals surface area contributed by atoms with E-state index < -0.39 is 6.09 Å². The molecule has 0 bridgehead atoms. The molecule has 0 aliphatic carbocycles. The maximum Gasteiger partial charge on any atom is 0.416 e. The Morgan fingerprint density at radius 2 is 1.82 bits per heavy atom. The van der Waals surface area contributed by atoms with E-state index in [9.17, 15) is 9.90 Å². The number of nitrogens with zero attached hydrogens (tertiary/aromatic N) is 1. The lowest BCUT2D eigenvalue weighted by Crippen LogP contribution is -2.05. The Bertz CT molecular complexity index is 834. The Morgan fingerprint density at radius 3 is 2.45 bits per heavy atom. The van der Waals surface area contributed by atoms with Crippen molar-refractivity contribution in [2.75, 3.05) is 0 Å². The van der Waals surface area contributed by atoms with Crippen LogP contribution >= 0.6 is 15.9 Å².